The summed E-state index contributed by atoms with van der Waals surface area (Å²) in [6.45, 7) is 4.14. The van der Waals surface area contributed by atoms with Gasteiger partial charge in [-0.2, -0.15) is 0 Å². The molecule has 1 amide bonds. The molecular weight excluding hydrogens is 250 g/mol. The van der Waals surface area contributed by atoms with Crippen LogP contribution in [0.2, 0.25) is 0 Å². The van der Waals surface area contributed by atoms with Gasteiger partial charge in [-0.1, -0.05) is 13.8 Å². The Morgan fingerprint density at radius 2 is 2.05 bits per heavy atom. The Hall–Kier alpha value is -2.25. The maximum Gasteiger partial charge on any atom is 0.330 e. The first-order valence-corrected chi connectivity index (χ1v) is 5.93. The second-order valence-electron chi connectivity index (χ2n) is 4.55. The highest BCUT2D eigenvalue weighted by molar-refractivity contribution is 5.81. The fourth-order valence-corrected chi connectivity index (χ4v) is 1.56. The van der Waals surface area contributed by atoms with E-state index in [1.165, 1.54) is 11.6 Å². The van der Waals surface area contributed by atoms with Crippen molar-refractivity contribution in [3.63, 3.8) is 0 Å². The molecule has 0 saturated carbocycles. The second kappa shape index (κ2) is 6.07. The molecule has 0 atom stereocenters. The standard InChI is InChI=1S/C11H19N5O3/c1-6(2)5-16-9(12)8(10(18)15-11(16)19)14-4-7(17)13-3/h6,14H,4-5,12H2,1-3H3,(H,13,17)(H,15,18,19). The lowest BCUT2D eigenvalue weighted by Gasteiger charge is -2.14. The second-order valence-corrected chi connectivity index (χ2v) is 4.55. The maximum absolute atomic E-state index is 11.7. The van der Waals surface area contributed by atoms with Crippen LogP contribution in [0, 0.1) is 5.92 Å². The summed E-state index contributed by atoms with van der Waals surface area (Å²) >= 11 is 0. The number of nitrogens with zero attached hydrogens (tertiary/aromatic N) is 1. The molecule has 0 radical (unpaired) electrons. The van der Waals surface area contributed by atoms with E-state index in [4.69, 9.17) is 5.73 Å². The Bertz CT molecular complexity index is 573. The normalized spacial score (nSPS) is 10.5. The van der Waals surface area contributed by atoms with Crippen LogP contribution in [0.15, 0.2) is 9.59 Å². The average molecular weight is 269 g/mol. The fraction of sp³-hybridized carbons (Fsp3) is 0.545. The predicted molar refractivity (Wildman–Crippen MR) is 73.1 cm³/mol. The molecule has 0 saturated heterocycles. The van der Waals surface area contributed by atoms with Crippen LogP contribution in [0.25, 0.3) is 0 Å². The van der Waals surface area contributed by atoms with Crippen LogP contribution in [-0.4, -0.2) is 29.1 Å². The Balaban J connectivity index is 3.14. The molecule has 0 aromatic carbocycles. The number of carbonyl (C=O) groups is 1. The average Bonchev–Trinajstić information content (AvgIpc) is 2.33. The highest BCUT2D eigenvalue weighted by Crippen LogP contribution is 2.11. The molecular formula is C11H19N5O3. The first-order valence-electron chi connectivity index (χ1n) is 5.93. The number of nitrogens with one attached hydrogen (secondary N) is 3. The monoisotopic (exact) mass is 269 g/mol. The number of aromatic amines is 1. The van der Waals surface area contributed by atoms with Crippen LogP contribution >= 0.6 is 0 Å². The number of anilines is 2. The van der Waals surface area contributed by atoms with Gasteiger partial charge in [0.1, 0.15) is 11.5 Å². The minimum absolute atomic E-state index is 0.0313. The number of carbonyl (C=O) groups excluding carboxylic acids is 1. The van der Waals surface area contributed by atoms with E-state index < -0.39 is 11.2 Å². The van der Waals surface area contributed by atoms with E-state index in [1.54, 1.807) is 0 Å². The molecule has 0 bridgehead atoms. The molecule has 19 heavy (non-hydrogen) atoms. The van der Waals surface area contributed by atoms with Crippen molar-refractivity contribution in [2.45, 2.75) is 20.4 Å². The van der Waals surface area contributed by atoms with Crippen molar-refractivity contribution in [1.82, 2.24) is 14.9 Å². The number of nitrogens with two attached hydrogens (primary N) is 1. The molecule has 5 N–H and O–H groups in total. The minimum Gasteiger partial charge on any atom is -0.383 e. The smallest absolute Gasteiger partial charge is 0.330 e. The summed E-state index contributed by atoms with van der Waals surface area (Å²) in [6.07, 6.45) is 0. The van der Waals surface area contributed by atoms with Crippen LogP contribution in [0.4, 0.5) is 11.5 Å². The van der Waals surface area contributed by atoms with Gasteiger partial charge in [0.2, 0.25) is 5.91 Å². The zero-order valence-electron chi connectivity index (χ0n) is 11.2. The fourth-order valence-electron chi connectivity index (χ4n) is 1.56. The first kappa shape index (κ1) is 14.8. The quantitative estimate of drug-likeness (QED) is 0.542. The van der Waals surface area contributed by atoms with Crippen molar-refractivity contribution < 1.29 is 4.79 Å². The van der Waals surface area contributed by atoms with E-state index in [1.807, 2.05) is 13.8 Å². The molecule has 106 valence electrons. The molecule has 0 fully saturated rings. The molecule has 1 heterocycles. The Morgan fingerprint density at radius 3 is 2.58 bits per heavy atom. The van der Waals surface area contributed by atoms with E-state index in [0.29, 0.717) is 6.54 Å². The van der Waals surface area contributed by atoms with Gasteiger partial charge in [0.05, 0.1) is 6.54 Å². The van der Waals surface area contributed by atoms with Gasteiger partial charge in [-0.15, -0.1) is 0 Å². The molecule has 8 nitrogen and oxygen atoms in total. The lowest BCUT2D eigenvalue weighted by molar-refractivity contribution is -0.118. The number of H-pyrrole nitrogens is 1. The largest absolute Gasteiger partial charge is 0.383 e. The predicted octanol–water partition coefficient (Wildman–Crippen LogP) is -1.07. The zero-order valence-corrected chi connectivity index (χ0v) is 11.2. The third-order valence-corrected chi connectivity index (χ3v) is 2.49. The van der Waals surface area contributed by atoms with Gasteiger partial charge in [-0.05, 0) is 5.92 Å². The third kappa shape index (κ3) is 3.60. The van der Waals surface area contributed by atoms with Crippen molar-refractivity contribution in [1.29, 1.82) is 0 Å². The van der Waals surface area contributed by atoms with Crippen molar-refractivity contribution in [3.8, 4) is 0 Å². The van der Waals surface area contributed by atoms with Crippen molar-refractivity contribution >= 4 is 17.4 Å². The number of hydrogen-bond donors (Lipinski definition) is 4. The summed E-state index contributed by atoms with van der Waals surface area (Å²) in [5, 5.41) is 5.04. The van der Waals surface area contributed by atoms with Crippen LogP contribution in [0.3, 0.4) is 0 Å². The van der Waals surface area contributed by atoms with Crippen LogP contribution in [0.1, 0.15) is 13.8 Å². The van der Waals surface area contributed by atoms with Crippen LogP contribution in [-0.2, 0) is 11.3 Å². The summed E-state index contributed by atoms with van der Waals surface area (Å²) in [5.74, 6) is -0.0653. The number of likely N-dealkylation sites (N-methyl/N-ethyl adjacent to an activating group) is 1. The summed E-state index contributed by atoms with van der Waals surface area (Å²) in [6, 6.07) is 0. The van der Waals surface area contributed by atoms with E-state index in [9.17, 15) is 14.4 Å². The highest BCUT2D eigenvalue weighted by Gasteiger charge is 2.13. The third-order valence-electron chi connectivity index (χ3n) is 2.49. The summed E-state index contributed by atoms with van der Waals surface area (Å²) < 4.78 is 1.28. The van der Waals surface area contributed by atoms with Crippen molar-refractivity contribution in [2.24, 2.45) is 5.92 Å². The Morgan fingerprint density at radius 1 is 1.42 bits per heavy atom. The Kier molecular flexibility index (Phi) is 4.74. The molecule has 1 aromatic rings. The Labute approximate surface area is 110 Å². The highest BCUT2D eigenvalue weighted by atomic mass is 16.2. The number of aromatic nitrogens is 2. The zero-order chi connectivity index (χ0) is 14.6. The summed E-state index contributed by atoms with van der Waals surface area (Å²) in [7, 11) is 1.48. The van der Waals surface area contributed by atoms with Gasteiger partial charge in [-0.25, -0.2) is 4.79 Å². The maximum atomic E-state index is 11.7. The van der Waals surface area contributed by atoms with Gasteiger partial charge in [0.25, 0.3) is 5.56 Å². The molecule has 0 aliphatic carbocycles. The van der Waals surface area contributed by atoms with E-state index in [-0.39, 0.29) is 29.9 Å². The molecule has 0 aliphatic rings. The van der Waals surface area contributed by atoms with Gasteiger partial charge in [-0.3, -0.25) is 19.1 Å². The number of amides is 1. The number of nitrogen functional groups attached to an aromatic ring is 1. The van der Waals surface area contributed by atoms with Crippen molar-refractivity contribution in [2.75, 3.05) is 24.6 Å². The summed E-state index contributed by atoms with van der Waals surface area (Å²) in [4.78, 5) is 36.6. The topological polar surface area (TPSA) is 122 Å². The summed E-state index contributed by atoms with van der Waals surface area (Å²) in [5.41, 5.74) is 4.65. The first-order chi connectivity index (χ1) is 8.86. The van der Waals surface area contributed by atoms with E-state index in [0.717, 1.165) is 0 Å². The SMILES string of the molecule is CNC(=O)CNc1c(N)n(CC(C)C)c(=O)[nH]c1=O. The van der Waals surface area contributed by atoms with Crippen molar-refractivity contribution in [3.05, 3.63) is 20.8 Å². The van der Waals surface area contributed by atoms with E-state index >= 15 is 0 Å². The van der Waals surface area contributed by atoms with Gasteiger partial charge >= 0.3 is 5.69 Å². The van der Waals surface area contributed by atoms with Gasteiger partial charge < -0.3 is 16.4 Å². The molecule has 0 spiro atoms. The molecule has 0 unspecified atom stereocenters. The number of rotatable bonds is 5. The van der Waals surface area contributed by atoms with Crippen LogP contribution in [0.5, 0.6) is 0 Å². The molecule has 8 heteroatoms. The minimum atomic E-state index is -0.633. The lowest BCUT2D eigenvalue weighted by Crippen LogP contribution is -2.36. The number of hydrogen-bond acceptors (Lipinski definition) is 5. The lowest BCUT2D eigenvalue weighted by atomic mass is 10.2. The molecule has 1 aromatic heterocycles. The molecule has 1 rings (SSSR count). The van der Waals surface area contributed by atoms with E-state index in [2.05, 4.69) is 15.6 Å². The van der Waals surface area contributed by atoms with Gasteiger partial charge in [0, 0.05) is 13.6 Å². The molecule has 0 aliphatic heterocycles. The van der Waals surface area contributed by atoms with Crippen LogP contribution < -0.4 is 27.6 Å². The van der Waals surface area contributed by atoms with Gasteiger partial charge in [0.15, 0.2) is 0 Å².